The Bertz CT molecular complexity index is 322. The number of rotatable bonds is 7. The van der Waals surface area contributed by atoms with Crippen LogP contribution in [0.1, 0.15) is 33.1 Å². The summed E-state index contributed by atoms with van der Waals surface area (Å²) in [4.78, 5) is 24.3. The molecule has 0 spiro atoms. The van der Waals surface area contributed by atoms with Gasteiger partial charge in [-0.2, -0.15) is 0 Å². The molecule has 20 heavy (non-hydrogen) atoms. The second kappa shape index (κ2) is 8.21. The SMILES string of the molecule is CCCNC(=O)C(C)NC(=O)C1(COC)CCNCC1. The average molecular weight is 285 g/mol. The highest BCUT2D eigenvalue weighted by atomic mass is 16.5. The predicted molar refractivity (Wildman–Crippen MR) is 77.3 cm³/mol. The number of carbonyl (C=O) groups excluding carboxylic acids is 2. The zero-order valence-corrected chi connectivity index (χ0v) is 12.8. The van der Waals surface area contributed by atoms with Crippen LogP contribution in [-0.2, 0) is 14.3 Å². The van der Waals surface area contributed by atoms with Crippen LogP contribution >= 0.6 is 0 Å². The summed E-state index contributed by atoms with van der Waals surface area (Å²) in [6, 6.07) is -0.516. The molecule has 6 heteroatoms. The number of methoxy groups -OCH3 is 1. The lowest BCUT2D eigenvalue weighted by molar-refractivity contribution is -0.139. The second-order valence-corrected chi connectivity index (χ2v) is 5.45. The number of hydrogen-bond acceptors (Lipinski definition) is 4. The lowest BCUT2D eigenvalue weighted by atomic mass is 9.78. The van der Waals surface area contributed by atoms with Crippen molar-refractivity contribution in [3.63, 3.8) is 0 Å². The van der Waals surface area contributed by atoms with Gasteiger partial charge >= 0.3 is 0 Å². The maximum absolute atomic E-state index is 12.5. The number of hydrogen-bond donors (Lipinski definition) is 3. The summed E-state index contributed by atoms with van der Waals surface area (Å²) in [7, 11) is 1.61. The Morgan fingerprint density at radius 1 is 1.35 bits per heavy atom. The first-order chi connectivity index (χ1) is 9.55. The molecule has 0 aromatic carbocycles. The summed E-state index contributed by atoms with van der Waals surface area (Å²) in [5, 5.41) is 8.85. The second-order valence-electron chi connectivity index (χ2n) is 5.45. The molecule has 0 aromatic rings. The molecule has 116 valence electrons. The van der Waals surface area contributed by atoms with Crippen molar-refractivity contribution in [3.8, 4) is 0 Å². The van der Waals surface area contributed by atoms with Gasteiger partial charge in [0.1, 0.15) is 6.04 Å². The summed E-state index contributed by atoms with van der Waals surface area (Å²) in [6.07, 6.45) is 2.34. The third kappa shape index (κ3) is 4.45. The van der Waals surface area contributed by atoms with E-state index in [4.69, 9.17) is 4.74 Å². The minimum atomic E-state index is -0.516. The Labute approximate surface area is 121 Å². The molecule has 1 rings (SSSR count). The van der Waals surface area contributed by atoms with Crippen molar-refractivity contribution in [2.24, 2.45) is 5.41 Å². The molecule has 1 unspecified atom stereocenters. The van der Waals surface area contributed by atoms with Crippen LogP contribution in [0.25, 0.3) is 0 Å². The van der Waals surface area contributed by atoms with Crippen LogP contribution in [0.5, 0.6) is 0 Å². The Balaban J connectivity index is 2.59. The molecule has 0 aliphatic carbocycles. The van der Waals surface area contributed by atoms with Crippen molar-refractivity contribution in [2.75, 3.05) is 33.4 Å². The van der Waals surface area contributed by atoms with Crippen molar-refractivity contribution in [1.82, 2.24) is 16.0 Å². The summed E-state index contributed by atoms with van der Waals surface area (Å²) in [5.41, 5.74) is -0.515. The van der Waals surface area contributed by atoms with E-state index in [0.717, 1.165) is 32.4 Å². The zero-order chi connectivity index (χ0) is 15.0. The first-order valence-corrected chi connectivity index (χ1v) is 7.34. The van der Waals surface area contributed by atoms with Crippen molar-refractivity contribution < 1.29 is 14.3 Å². The Kier molecular flexibility index (Phi) is 6.95. The van der Waals surface area contributed by atoms with Gasteiger partial charge in [0, 0.05) is 13.7 Å². The number of piperidine rings is 1. The van der Waals surface area contributed by atoms with E-state index in [1.165, 1.54) is 0 Å². The van der Waals surface area contributed by atoms with Crippen molar-refractivity contribution >= 4 is 11.8 Å². The van der Waals surface area contributed by atoms with Crippen LogP contribution in [0, 0.1) is 5.41 Å². The summed E-state index contributed by atoms with van der Waals surface area (Å²) < 4.78 is 5.22. The van der Waals surface area contributed by atoms with Gasteiger partial charge in [0.15, 0.2) is 0 Å². The van der Waals surface area contributed by atoms with Gasteiger partial charge in [0.2, 0.25) is 11.8 Å². The van der Waals surface area contributed by atoms with Crippen LogP contribution in [-0.4, -0.2) is 51.2 Å². The Morgan fingerprint density at radius 3 is 2.55 bits per heavy atom. The molecular formula is C14H27N3O3. The van der Waals surface area contributed by atoms with Crippen molar-refractivity contribution in [1.29, 1.82) is 0 Å². The molecule has 1 atom stereocenters. The molecule has 1 aliphatic rings. The van der Waals surface area contributed by atoms with Crippen LogP contribution in [0.15, 0.2) is 0 Å². The van der Waals surface area contributed by atoms with E-state index in [1.807, 2.05) is 6.92 Å². The molecule has 0 aromatic heterocycles. The van der Waals surface area contributed by atoms with Gasteiger partial charge in [0.05, 0.1) is 12.0 Å². The van der Waals surface area contributed by atoms with Crippen molar-refractivity contribution in [2.45, 2.75) is 39.2 Å². The summed E-state index contributed by atoms with van der Waals surface area (Å²) >= 11 is 0. The van der Waals surface area contributed by atoms with E-state index in [0.29, 0.717) is 13.2 Å². The first-order valence-electron chi connectivity index (χ1n) is 7.34. The molecule has 1 heterocycles. The third-order valence-corrected chi connectivity index (χ3v) is 3.75. The molecule has 0 bridgehead atoms. The predicted octanol–water partition coefficient (Wildman–Crippen LogP) is 0.0335. The van der Waals surface area contributed by atoms with Crippen LogP contribution in [0.4, 0.5) is 0 Å². The first kappa shape index (κ1) is 16.9. The smallest absolute Gasteiger partial charge is 0.242 e. The number of amides is 2. The molecule has 0 radical (unpaired) electrons. The third-order valence-electron chi connectivity index (χ3n) is 3.75. The van der Waals surface area contributed by atoms with Gasteiger partial charge in [-0.1, -0.05) is 6.92 Å². The highest BCUT2D eigenvalue weighted by Crippen LogP contribution is 2.29. The summed E-state index contributed by atoms with van der Waals surface area (Å²) in [6.45, 7) is 6.33. The van der Waals surface area contributed by atoms with Gasteiger partial charge < -0.3 is 20.7 Å². The van der Waals surface area contributed by atoms with E-state index in [9.17, 15) is 9.59 Å². The fraction of sp³-hybridized carbons (Fsp3) is 0.857. The quantitative estimate of drug-likeness (QED) is 0.617. The van der Waals surface area contributed by atoms with Crippen LogP contribution in [0.3, 0.4) is 0 Å². The van der Waals surface area contributed by atoms with Gasteiger partial charge in [-0.3, -0.25) is 9.59 Å². The van der Waals surface area contributed by atoms with E-state index >= 15 is 0 Å². The maximum atomic E-state index is 12.5. The lowest BCUT2D eigenvalue weighted by Crippen LogP contribution is -2.54. The minimum Gasteiger partial charge on any atom is -0.384 e. The molecule has 6 nitrogen and oxygen atoms in total. The van der Waals surface area contributed by atoms with E-state index in [1.54, 1.807) is 14.0 Å². The molecule has 1 fully saturated rings. The molecule has 2 amide bonds. The molecule has 1 aliphatic heterocycles. The highest BCUT2D eigenvalue weighted by Gasteiger charge is 2.40. The van der Waals surface area contributed by atoms with E-state index in [-0.39, 0.29) is 11.8 Å². The molecule has 1 saturated heterocycles. The fourth-order valence-electron chi connectivity index (χ4n) is 2.44. The fourth-order valence-corrected chi connectivity index (χ4v) is 2.44. The topological polar surface area (TPSA) is 79.5 Å². The average Bonchev–Trinajstić information content (AvgIpc) is 2.45. The zero-order valence-electron chi connectivity index (χ0n) is 12.8. The maximum Gasteiger partial charge on any atom is 0.242 e. The number of nitrogens with one attached hydrogen (secondary N) is 3. The lowest BCUT2D eigenvalue weighted by Gasteiger charge is -2.36. The van der Waals surface area contributed by atoms with Gasteiger partial charge in [-0.25, -0.2) is 0 Å². The van der Waals surface area contributed by atoms with Crippen LogP contribution < -0.4 is 16.0 Å². The standard InChI is InChI=1S/C14H27N3O3/c1-4-7-16-12(18)11(2)17-13(19)14(10-20-3)5-8-15-9-6-14/h11,15H,4-10H2,1-3H3,(H,16,18)(H,17,19). The molecular weight excluding hydrogens is 258 g/mol. The van der Waals surface area contributed by atoms with Crippen LogP contribution in [0.2, 0.25) is 0 Å². The van der Waals surface area contributed by atoms with Gasteiger partial charge in [0.25, 0.3) is 0 Å². The van der Waals surface area contributed by atoms with Gasteiger partial charge in [-0.15, -0.1) is 0 Å². The Hall–Kier alpha value is -1.14. The normalized spacial score (nSPS) is 19.1. The van der Waals surface area contributed by atoms with E-state index in [2.05, 4.69) is 16.0 Å². The summed E-state index contributed by atoms with van der Waals surface area (Å²) in [5.74, 6) is -0.221. The monoisotopic (exact) mass is 285 g/mol. The molecule has 0 saturated carbocycles. The van der Waals surface area contributed by atoms with Gasteiger partial charge in [-0.05, 0) is 39.3 Å². The van der Waals surface area contributed by atoms with E-state index < -0.39 is 11.5 Å². The molecule has 3 N–H and O–H groups in total. The highest BCUT2D eigenvalue weighted by molar-refractivity contribution is 5.90. The number of ether oxygens (including phenoxy) is 1. The minimum absolute atomic E-state index is 0.0833. The number of carbonyl (C=O) groups is 2. The Morgan fingerprint density at radius 2 is 2.00 bits per heavy atom. The van der Waals surface area contributed by atoms with Crippen molar-refractivity contribution in [3.05, 3.63) is 0 Å². The largest absolute Gasteiger partial charge is 0.384 e.